The fourth-order valence-corrected chi connectivity index (χ4v) is 2.99. The van der Waals surface area contributed by atoms with Crippen molar-refractivity contribution in [1.29, 1.82) is 0 Å². The molecular formula is C14H13FIN. The Hall–Kier alpha value is -0.680. The fourth-order valence-electron chi connectivity index (χ4n) is 2.34. The molecule has 2 aromatic carbocycles. The summed E-state index contributed by atoms with van der Waals surface area (Å²) in [6.45, 7) is 2.03. The van der Waals surface area contributed by atoms with Crippen molar-refractivity contribution in [1.82, 2.24) is 4.90 Å². The van der Waals surface area contributed by atoms with Gasteiger partial charge in [0.05, 0.1) is 0 Å². The second-order valence-corrected chi connectivity index (χ2v) is 5.71. The molecule has 2 aromatic rings. The smallest absolute Gasteiger partial charge is 0.125 e. The van der Waals surface area contributed by atoms with Crippen molar-refractivity contribution in [3.05, 3.63) is 45.5 Å². The Kier molecular flexibility index (Phi) is 3.04. The molecule has 0 aliphatic carbocycles. The molecule has 0 saturated carbocycles. The zero-order valence-electron chi connectivity index (χ0n) is 9.37. The van der Waals surface area contributed by atoms with Gasteiger partial charge in [-0.1, -0.05) is 30.3 Å². The third kappa shape index (κ3) is 2.18. The van der Waals surface area contributed by atoms with Crippen LogP contribution in [0.15, 0.2) is 36.4 Å². The van der Waals surface area contributed by atoms with E-state index in [9.17, 15) is 4.39 Å². The van der Waals surface area contributed by atoms with Gasteiger partial charge in [-0.3, -0.25) is 4.90 Å². The van der Waals surface area contributed by atoms with Crippen LogP contribution in [0.25, 0.3) is 10.8 Å². The molecule has 0 amide bonds. The third-order valence-electron chi connectivity index (χ3n) is 3.27. The lowest BCUT2D eigenvalue weighted by Crippen LogP contribution is -2.47. The maximum absolute atomic E-state index is 12.8. The van der Waals surface area contributed by atoms with Gasteiger partial charge in [0.1, 0.15) is 6.17 Å². The predicted octanol–water partition coefficient (Wildman–Crippen LogP) is 3.60. The maximum Gasteiger partial charge on any atom is 0.125 e. The summed E-state index contributed by atoms with van der Waals surface area (Å²) in [6.07, 6.45) is -0.620. The highest BCUT2D eigenvalue weighted by Gasteiger charge is 2.26. The Morgan fingerprint density at radius 3 is 2.53 bits per heavy atom. The van der Waals surface area contributed by atoms with Crippen LogP contribution in [-0.4, -0.2) is 24.2 Å². The minimum Gasteiger partial charge on any atom is -0.293 e. The molecule has 1 nitrogen and oxygen atoms in total. The number of hydrogen-bond donors (Lipinski definition) is 0. The first-order chi connectivity index (χ1) is 8.24. The summed E-state index contributed by atoms with van der Waals surface area (Å²) in [5.74, 6) is 0. The van der Waals surface area contributed by atoms with Crippen molar-refractivity contribution in [2.24, 2.45) is 0 Å². The van der Waals surface area contributed by atoms with E-state index < -0.39 is 6.17 Å². The molecule has 0 radical (unpaired) electrons. The van der Waals surface area contributed by atoms with Crippen LogP contribution in [0, 0.1) is 3.57 Å². The van der Waals surface area contributed by atoms with Gasteiger partial charge in [0.2, 0.25) is 0 Å². The standard InChI is InChI=1S/C14H13FIN/c15-11-8-17(9-11)7-10-5-6-14(16)13-4-2-1-3-12(10)13/h1-6,11H,7-9H2. The largest absolute Gasteiger partial charge is 0.293 e. The zero-order valence-corrected chi connectivity index (χ0v) is 11.5. The molecule has 0 atom stereocenters. The van der Waals surface area contributed by atoms with Gasteiger partial charge in [-0.05, 0) is 45.0 Å². The zero-order chi connectivity index (χ0) is 11.8. The maximum atomic E-state index is 12.8. The molecule has 0 spiro atoms. The van der Waals surface area contributed by atoms with Crippen LogP contribution < -0.4 is 0 Å². The normalized spacial score (nSPS) is 17.3. The molecule has 0 aromatic heterocycles. The summed E-state index contributed by atoms with van der Waals surface area (Å²) < 4.78 is 14.1. The van der Waals surface area contributed by atoms with Crippen molar-refractivity contribution in [3.8, 4) is 0 Å². The highest BCUT2D eigenvalue weighted by Crippen LogP contribution is 2.26. The molecule has 1 heterocycles. The molecule has 1 aliphatic rings. The number of halogens is 2. The molecule has 1 fully saturated rings. The van der Waals surface area contributed by atoms with Crippen molar-refractivity contribution in [2.75, 3.05) is 13.1 Å². The number of nitrogens with zero attached hydrogens (tertiary/aromatic N) is 1. The van der Waals surface area contributed by atoms with Crippen LogP contribution >= 0.6 is 22.6 Å². The van der Waals surface area contributed by atoms with Crippen LogP contribution in [0.3, 0.4) is 0 Å². The van der Waals surface area contributed by atoms with Gasteiger partial charge in [0.15, 0.2) is 0 Å². The molecule has 1 aliphatic heterocycles. The van der Waals surface area contributed by atoms with Gasteiger partial charge in [-0.2, -0.15) is 0 Å². The minimum atomic E-state index is -0.620. The number of likely N-dealkylation sites (tertiary alicyclic amines) is 1. The second kappa shape index (κ2) is 4.53. The Balaban J connectivity index is 1.96. The molecule has 88 valence electrons. The average molecular weight is 341 g/mol. The highest BCUT2D eigenvalue weighted by molar-refractivity contribution is 14.1. The Bertz CT molecular complexity index is 549. The summed E-state index contributed by atoms with van der Waals surface area (Å²) in [6, 6.07) is 12.7. The van der Waals surface area contributed by atoms with E-state index in [4.69, 9.17) is 0 Å². The lowest BCUT2D eigenvalue weighted by molar-refractivity contribution is 0.0595. The molecule has 3 rings (SSSR count). The van der Waals surface area contributed by atoms with E-state index in [0.29, 0.717) is 13.1 Å². The SMILES string of the molecule is FC1CN(Cc2ccc(I)c3ccccc23)C1. The first-order valence-corrected chi connectivity index (χ1v) is 6.84. The van der Waals surface area contributed by atoms with Gasteiger partial charge < -0.3 is 0 Å². The van der Waals surface area contributed by atoms with Crippen molar-refractivity contribution in [3.63, 3.8) is 0 Å². The molecule has 0 unspecified atom stereocenters. The first-order valence-electron chi connectivity index (χ1n) is 5.76. The Morgan fingerprint density at radius 2 is 1.82 bits per heavy atom. The van der Waals surface area contributed by atoms with E-state index in [0.717, 1.165) is 6.54 Å². The molecule has 0 N–H and O–H groups in total. The summed E-state index contributed by atoms with van der Waals surface area (Å²) in [5.41, 5.74) is 1.30. The summed E-state index contributed by atoms with van der Waals surface area (Å²) in [4.78, 5) is 2.15. The lowest BCUT2D eigenvalue weighted by atomic mass is 10.0. The monoisotopic (exact) mass is 341 g/mol. The van der Waals surface area contributed by atoms with Crippen LogP contribution in [0.5, 0.6) is 0 Å². The number of rotatable bonds is 2. The van der Waals surface area contributed by atoms with Gasteiger partial charge in [0.25, 0.3) is 0 Å². The number of hydrogen-bond acceptors (Lipinski definition) is 1. The minimum absolute atomic E-state index is 0.584. The lowest BCUT2D eigenvalue weighted by Gasteiger charge is -2.34. The summed E-state index contributed by atoms with van der Waals surface area (Å²) in [5, 5.41) is 2.59. The Labute approximate surface area is 114 Å². The summed E-state index contributed by atoms with van der Waals surface area (Å²) in [7, 11) is 0. The van der Waals surface area contributed by atoms with E-state index in [1.807, 2.05) is 0 Å². The van der Waals surface area contributed by atoms with Crippen molar-refractivity contribution >= 4 is 33.4 Å². The van der Waals surface area contributed by atoms with E-state index in [-0.39, 0.29) is 0 Å². The quantitative estimate of drug-likeness (QED) is 0.755. The van der Waals surface area contributed by atoms with Crippen molar-refractivity contribution < 1.29 is 4.39 Å². The third-order valence-corrected chi connectivity index (χ3v) is 4.21. The van der Waals surface area contributed by atoms with Crippen LogP contribution in [0.4, 0.5) is 4.39 Å². The molecule has 17 heavy (non-hydrogen) atoms. The highest BCUT2D eigenvalue weighted by atomic mass is 127. The van der Waals surface area contributed by atoms with Crippen LogP contribution in [-0.2, 0) is 6.54 Å². The van der Waals surface area contributed by atoms with E-state index >= 15 is 0 Å². The van der Waals surface area contributed by atoms with E-state index in [2.05, 4.69) is 63.9 Å². The molecule has 3 heteroatoms. The number of fused-ring (bicyclic) bond motifs is 1. The van der Waals surface area contributed by atoms with E-state index in [1.165, 1.54) is 19.9 Å². The molecule has 0 bridgehead atoms. The van der Waals surface area contributed by atoms with E-state index in [1.54, 1.807) is 0 Å². The number of benzene rings is 2. The van der Waals surface area contributed by atoms with Crippen molar-refractivity contribution in [2.45, 2.75) is 12.7 Å². The first kappa shape index (κ1) is 11.4. The van der Waals surface area contributed by atoms with Gasteiger partial charge in [-0.15, -0.1) is 0 Å². The van der Waals surface area contributed by atoms with Gasteiger partial charge >= 0.3 is 0 Å². The molecular weight excluding hydrogens is 328 g/mol. The fraction of sp³-hybridized carbons (Fsp3) is 0.286. The van der Waals surface area contributed by atoms with Gasteiger partial charge in [-0.25, -0.2) is 4.39 Å². The number of alkyl halides is 1. The second-order valence-electron chi connectivity index (χ2n) is 4.54. The molecule has 1 saturated heterocycles. The Morgan fingerprint density at radius 1 is 1.12 bits per heavy atom. The topological polar surface area (TPSA) is 3.24 Å². The van der Waals surface area contributed by atoms with Crippen LogP contribution in [0.2, 0.25) is 0 Å². The summed E-state index contributed by atoms with van der Waals surface area (Å²) >= 11 is 2.36. The average Bonchev–Trinajstić information content (AvgIpc) is 2.31. The van der Waals surface area contributed by atoms with Gasteiger partial charge in [0, 0.05) is 23.2 Å². The predicted molar refractivity (Wildman–Crippen MR) is 76.8 cm³/mol. The van der Waals surface area contributed by atoms with Crippen LogP contribution in [0.1, 0.15) is 5.56 Å².